The van der Waals surface area contributed by atoms with Crippen molar-refractivity contribution < 1.29 is 18.0 Å². The van der Waals surface area contributed by atoms with Crippen LogP contribution in [0.5, 0.6) is 0 Å². The number of fused-ring (bicyclic) bond motifs is 1. The Bertz CT molecular complexity index is 1510. The van der Waals surface area contributed by atoms with E-state index in [0.29, 0.717) is 15.9 Å². The Labute approximate surface area is 207 Å². The van der Waals surface area contributed by atoms with Gasteiger partial charge in [0.05, 0.1) is 11.4 Å². The molecule has 10 heteroatoms. The predicted molar refractivity (Wildman–Crippen MR) is 133 cm³/mol. The summed E-state index contributed by atoms with van der Waals surface area (Å²) in [5.41, 5.74) is 2.68. The van der Waals surface area contributed by atoms with E-state index >= 15 is 0 Å². The van der Waals surface area contributed by atoms with Gasteiger partial charge in [0.25, 0.3) is 5.91 Å². The topological polar surface area (TPSA) is 121 Å². The maximum Gasteiger partial charge on any atom is 0.269 e. The molecule has 0 saturated carbocycles. The van der Waals surface area contributed by atoms with Crippen molar-refractivity contribution in [2.45, 2.75) is 30.2 Å². The molecule has 0 saturated heterocycles. The van der Waals surface area contributed by atoms with Crippen LogP contribution < -0.4 is 10.6 Å². The van der Waals surface area contributed by atoms with Crippen molar-refractivity contribution >= 4 is 44.2 Å². The zero-order chi connectivity index (χ0) is 25.2. The fraction of sp³-hybridized carbons (Fsp3) is 0.160. The Balaban J connectivity index is 1.64. The Morgan fingerprint density at radius 1 is 0.971 bits per heavy atom. The normalized spacial score (nSPS) is 11.4. The number of amides is 2. The quantitative estimate of drug-likeness (QED) is 0.350. The molecule has 0 aliphatic rings. The molecule has 2 amide bonds. The third-order valence-electron chi connectivity index (χ3n) is 5.36. The summed E-state index contributed by atoms with van der Waals surface area (Å²) in [6, 6.07) is 13.2. The number of rotatable bonds is 7. The highest BCUT2D eigenvalue weighted by atomic mass is 35.5. The van der Waals surface area contributed by atoms with Crippen LogP contribution in [-0.2, 0) is 21.2 Å². The van der Waals surface area contributed by atoms with Crippen LogP contribution in [0.25, 0.3) is 10.9 Å². The smallest absolute Gasteiger partial charge is 0.269 e. The van der Waals surface area contributed by atoms with Gasteiger partial charge in [-0.05, 0) is 73.0 Å². The number of carbonyl (C=O) groups is 2. The minimum Gasteiger partial charge on any atom is -0.350 e. The lowest BCUT2D eigenvalue weighted by Gasteiger charge is -2.10. The van der Waals surface area contributed by atoms with Gasteiger partial charge < -0.3 is 15.6 Å². The molecular formula is C25H23ClN4O4S. The average molecular weight is 511 g/mol. The molecule has 0 bridgehead atoms. The van der Waals surface area contributed by atoms with E-state index in [2.05, 4.69) is 20.6 Å². The number of nitrogens with zero attached hydrogens (tertiary/aromatic N) is 1. The second-order valence-electron chi connectivity index (χ2n) is 8.16. The number of pyridine rings is 1. The molecule has 8 nitrogen and oxygen atoms in total. The fourth-order valence-electron chi connectivity index (χ4n) is 3.80. The zero-order valence-electron chi connectivity index (χ0n) is 19.1. The van der Waals surface area contributed by atoms with Gasteiger partial charge in [0, 0.05) is 34.9 Å². The van der Waals surface area contributed by atoms with Gasteiger partial charge in [0.1, 0.15) is 10.6 Å². The Morgan fingerprint density at radius 3 is 2.34 bits per heavy atom. The van der Waals surface area contributed by atoms with Gasteiger partial charge in [-0.2, -0.15) is 0 Å². The summed E-state index contributed by atoms with van der Waals surface area (Å²) in [5.74, 6) is -1.15. The third kappa shape index (κ3) is 5.36. The lowest BCUT2D eigenvalue weighted by Crippen LogP contribution is -2.37. The summed E-state index contributed by atoms with van der Waals surface area (Å²) in [7, 11) is -4.10. The molecule has 0 spiro atoms. The summed E-state index contributed by atoms with van der Waals surface area (Å²) < 4.78 is 27.4. The SMILES string of the molecule is Cc1cc(C)cc(S(=O)(=O)c2c(C(=O)NCC(=O)NCc3ccncc3)[nH]c3ccc(Cl)cc23)c1. The molecular weight excluding hydrogens is 488 g/mol. The Kier molecular flexibility index (Phi) is 6.90. The largest absolute Gasteiger partial charge is 0.350 e. The van der Waals surface area contributed by atoms with Crippen LogP contribution >= 0.6 is 11.6 Å². The van der Waals surface area contributed by atoms with Crippen LogP contribution in [0.1, 0.15) is 27.2 Å². The summed E-state index contributed by atoms with van der Waals surface area (Å²) in [6.45, 7) is 3.55. The first-order chi connectivity index (χ1) is 16.6. The molecule has 4 rings (SSSR count). The molecule has 0 unspecified atom stereocenters. The van der Waals surface area contributed by atoms with Crippen LogP contribution in [0.2, 0.25) is 5.02 Å². The minimum absolute atomic E-state index is 0.0695. The number of benzene rings is 2. The van der Waals surface area contributed by atoms with Crippen LogP contribution in [0.15, 0.2) is 70.7 Å². The average Bonchev–Trinajstić information content (AvgIpc) is 3.20. The van der Waals surface area contributed by atoms with Crippen LogP contribution in [0.4, 0.5) is 0 Å². The highest BCUT2D eigenvalue weighted by Crippen LogP contribution is 2.34. The number of hydrogen-bond donors (Lipinski definition) is 3. The van der Waals surface area contributed by atoms with Gasteiger partial charge in [-0.3, -0.25) is 14.6 Å². The number of aromatic amines is 1. The molecule has 3 N–H and O–H groups in total. The summed E-state index contributed by atoms with van der Waals surface area (Å²) in [6.07, 6.45) is 3.23. The van der Waals surface area contributed by atoms with E-state index in [-0.39, 0.29) is 28.6 Å². The highest BCUT2D eigenvalue weighted by Gasteiger charge is 2.30. The minimum atomic E-state index is -4.10. The van der Waals surface area contributed by atoms with E-state index in [4.69, 9.17) is 11.6 Å². The third-order valence-corrected chi connectivity index (χ3v) is 7.42. The first-order valence-electron chi connectivity index (χ1n) is 10.7. The van der Waals surface area contributed by atoms with E-state index in [1.54, 1.807) is 62.6 Å². The molecule has 2 heterocycles. The summed E-state index contributed by atoms with van der Waals surface area (Å²) >= 11 is 6.15. The van der Waals surface area contributed by atoms with E-state index < -0.39 is 21.7 Å². The number of halogens is 1. The van der Waals surface area contributed by atoms with Crippen molar-refractivity contribution in [3.8, 4) is 0 Å². The molecule has 2 aromatic carbocycles. The van der Waals surface area contributed by atoms with E-state index in [0.717, 1.165) is 16.7 Å². The Hall–Kier alpha value is -3.69. The number of sulfone groups is 1. The van der Waals surface area contributed by atoms with Crippen molar-refractivity contribution in [2.24, 2.45) is 0 Å². The number of H-pyrrole nitrogens is 1. The second kappa shape index (κ2) is 9.89. The second-order valence-corrected chi connectivity index (χ2v) is 10.5. The zero-order valence-corrected chi connectivity index (χ0v) is 20.6. The van der Waals surface area contributed by atoms with Gasteiger partial charge in [-0.15, -0.1) is 0 Å². The van der Waals surface area contributed by atoms with Crippen molar-refractivity contribution in [1.82, 2.24) is 20.6 Å². The number of hydrogen-bond acceptors (Lipinski definition) is 5. The fourth-order valence-corrected chi connectivity index (χ4v) is 5.76. The number of carbonyl (C=O) groups excluding carboxylic acids is 2. The molecule has 35 heavy (non-hydrogen) atoms. The standard InChI is InChI=1S/C25H23ClN4O4S/c1-15-9-16(2)11-19(10-15)35(33,34)24-20-12-18(26)3-4-21(20)30-23(24)25(32)29-14-22(31)28-13-17-5-7-27-8-6-17/h3-12,30H,13-14H2,1-2H3,(H,28,31)(H,29,32). The van der Waals surface area contributed by atoms with E-state index in [1.165, 1.54) is 6.07 Å². The van der Waals surface area contributed by atoms with Gasteiger partial charge in [-0.1, -0.05) is 17.7 Å². The molecule has 0 radical (unpaired) electrons. The monoisotopic (exact) mass is 510 g/mol. The number of aryl methyl sites for hydroxylation is 2. The van der Waals surface area contributed by atoms with Gasteiger partial charge in [0.2, 0.25) is 15.7 Å². The van der Waals surface area contributed by atoms with E-state index in [9.17, 15) is 18.0 Å². The number of aromatic nitrogens is 2. The van der Waals surface area contributed by atoms with Gasteiger partial charge >= 0.3 is 0 Å². The van der Waals surface area contributed by atoms with Crippen LogP contribution in [-0.4, -0.2) is 36.7 Å². The molecule has 180 valence electrons. The molecule has 2 aromatic heterocycles. The number of nitrogens with one attached hydrogen (secondary N) is 3. The molecule has 0 aliphatic heterocycles. The van der Waals surface area contributed by atoms with Crippen LogP contribution in [0, 0.1) is 13.8 Å². The lowest BCUT2D eigenvalue weighted by atomic mass is 10.2. The molecule has 0 atom stereocenters. The van der Waals surface area contributed by atoms with Crippen molar-refractivity contribution in [3.63, 3.8) is 0 Å². The van der Waals surface area contributed by atoms with Crippen molar-refractivity contribution in [1.29, 1.82) is 0 Å². The van der Waals surface area contributed by atoms with Gasteiger partial charge in [-0.25, -0.2) is 8.42 Å². The molecule has 0 aliphatic carbocycles. The first kappa shape index (κ1) is 24.4. The highest BCUT2D eigenvalue weighted by molar-refractivity contribution is 7.91. The maximum absolute atomic E-state index is 13.7. The summed E-state index contributed by atoms with van der Waals surface area (Å²) in [4.78, 5) is 32.0. The van der Waals surface area contributed by atoms with Gasteiger partial charge in [0.15, 0.2) is 0 Å². The molecule has 4 aromatic rings. The van der Waals surface area contributed by atoms with E-state index in [1.807, 2.05) is 6.07 Å². The first-order valence-corrected chi connectivity index (χ1v) is 12.6. The van der Waals surface area contributed by atoms with Crippen LogP contribution in [0.3, 0.4) is 0 Å². The van der Waals surface area contributed by atoms with Crippen molar-refractivity contribution in [3.05, 3.63) is 88.3 Å². The lowest BCUT2D eigenvalue weighted by molar-refractivity contribution is -0.120. The predicted octanol–water partition coefficient (Wildman–Crippen LogP) is 3.71. The molecule has 0 fully saturated rings. The van der Waals surface area contributed by atoms with Crippen molar-refractivity contribution in [2.75, 3.05) is 6.54 Å². The Morgan fingerprint density at radius 2 is 1.66 bits per heavy atom. The summed E-state index contributed by atoms with van der Waals surface area (Å²) in [5, 5.41) is 5.83. The maximum atomic E-state index is 13.7.